The van der Waals surface area contributed by atoms with Crippen LogP contribution in [0.5, 0.6) is 0 Å². The fraction of sp³-hybridized carbons (Fsp3) is 0.700. The normalized spacial score (nSPS) is 36.3. The molecule has 0 aliphatic heterocycles. The first-order valence-corrected chi connectivity index (χ1v) is 14.1. The van der Waals surface area contributed by atoms with Gasteiger partial charge in [0.25, 0.3) is 5.91 Å². The van der Waals surface area contributed by atoms with Gasteiger partial charge in [0.05, 0.1) is 22.3 Å². The van der Waals surface area contributed by atoms with E-state index in [0.29, 0.717) is 47.3 Å². The topological polar surface area (TPSA) is 102 Å². The van der Waals surface area contributed by atoms with Crippen LogP contribution in [-0.4, -0.2) is 41.3 Å². The Morgan fingerprint density at radius 1 is 1.05 bits per heavy atom. The van der Waals surface area contributed by atoms with Crippen LogP contribution in [0.25, 0.3) is 0 Å². The Hall–Kier alpha value is -2.41. The van der Waals surface area contributed by atoms with Crippen LogP contribution in [0, 0.1) is 35.0 Å². The lowest BCUT2D eigenvalue weighted by Gasteiger charge is -2.58. The molecule has 5 fully saturated rings. The third-order valence-corrected chi connectivity index (χ3v) is 9.44. The molecule has 0 radical (unpaired) electrons. The molecular weight excluding hydrogens is 470 g/mol. The van der Waals surface area contributed by atoms with Crippen LogP contribution in [0.2, 0.25) is 0 Å². The number of carbonyl (C=O) groups excluding carboxylic acids is 3. The van der Waals surface area contributed by atoms with E-state index in [1.807, 2.05) is 0 Å². The second-order valence-electron chi connectivity index (χ2n) is 12.9. The first-order chi connectivity index (χ1) is 17.6. The number of aliphatic hydroxyl groups is 1. The Morgan fingerprint density at radius 2 is 1.76 bits per heavy atom. The maximum Gasteiger partial charge on any atom is 0.340 e. The molecule has 0 spiro atoms. The van der Waals surface area contributed by atoms with Crippen LogP contribution in [0.3, 0.4) is 0 Å². The summed E-state index contributed by atoms with van der Waals surface area (Å²) in [4.78, 5) is 39.0. The molecule has 1 aromatic carbocycles. The van der Waals surface area contributed by atoms with Gasteiger partial charge in [0, 0.05) is 0 Å². The highest BCUT2D eigenvalue weighted by atomic mass is 16.5. The van der Waals surface area contributed by atoms with Crippen LogP contribution >= 0.6 is 0 Å². The molecule has 0 saturated heterocycles. The predicted molar refractivity (Wildman–Crippen MR) is 139 cm³/mol. The zero-order valence-corrected chi connectivity index (χ0v) is 22.3. The van der Waals surface area contributed by atoms with E-state index in [4.69, 9.17) is 9.47 Å². The molecule has 202 valence electrons. The second kappa shape index (κ2) is 10.0. The predicted octanol–water partition coefficient (Wildman–Crippen LogP) is 5.12. The Balaban J connectivity index is 1.20. The largest absolute Gasteiger partial charge is 0.458 e. The number of nitrogens with one attached hydrogen (secondary N) is 1. The van der Waals surface area contributed by atoms with Crippen molar-refractivity contribution in [2.45, 2.75) is 90.3 Å². The molecule has 1 amide bonds. The molecule has 5 aliphatic rings. The maximum absolute atomic E-state index is 13.2. The van der Waals surface area contributed by atoms with Crippen molar-refractivity contribution >= 4 is 23.5 Å². The van der Waals surface area contributed by atoms with Crippen molar-refractivity contribution in [3.8, 4) is 0 Å². The summed E-state index contributed by atoms with van der Waals surface area (Å²) in [6.45, 7) is 6.10. The number of benzene rings is 1. The molecule has 7 nitrogen and oxygen atoms in total. The van der Waals surface area contributed by atoms with Gasteiger partial charge >= 0.3 is 11.9 Å². The number of ether oxygens (including phenoxy) is 2. The van der Waals surface area contributed by atoms with Crippen LogP contribution in [-0.2, 0) is 19.1 Å². The molecule has 0 aromatic heterocycles. The number of rotatable bonds is 7. The summed E-state index contributed by atoms with van der Waals surface area (Å²) in [6, 6.07) is 6.80. The summed E-state index contributed by atoms with van der Waals surface area (Å²) in [5.41, 5.74) is -0.797. The minimum absolute atomic E-state index is 0.143. The number of hydrogen-bond acceptors (Lipinski definition) is 6. The lowest BCUT2D eigenvalue weighted by atomic mass is 9.48. The minimum Gasteiger partial charge on any atom is -0.458 e. The van der Waals surface area contributed by atoms with Crippen LogP contribution in [0.4, 0.5) is 5.69 Å². The second-order valence-corrected chi connectivity index (χ2v) is 12.9. The molecule has 5 saturated carbocycles. The van der Waals surface area contributed by atoms with Gasteiger partial charge in [0.15, 0.2) is 6.61 Å². The van der Waals surface area contributed by atoms with Crippen molar-refractivity contribution in [1.29, 1.82) is 0 Å². The van der Waals surface area contributed by atoms with Gasteiger partial charge in [-0.1, -0.05) is 39.3 Å². The van der Waals surface area contributed by atoms with E-state index < -0.39 is 29.5 Å². The molecule has 37 heavy (non-hydrogen) atoms. The molecule has 1 aromatic rings. The van der Waals surface area contributed by atoms with Gasteiger partial charge in [-0.05, 0) is 93.1 Å². The molecule has 2 N–H and O–H groups in total. The SMILES string of the molecule is CC(C)[C@H]1CC[C@@H](C)C[C@@H]1OC(=O)c1ccccc1NC(=O)COC(=O)C12C[C@H]3C[C@@H](CC(O)(C3)C1)C2. The van der Waals surface area contributed by atoms with Gasteiger partial charge in [0.2, 0.25) is 0 Å². The lowest BCUT2D eigenvalue weighted by molar-refractivity contribution is -0.196. The van der Waals surface area contributed by atoms with Crippen molar-refractivity contribution in [2.75, 3.05) is 11.9 Å². The highest BCUT2D eigenvalue weighted by Crippen LogP contribution is 2.62. The van der Waals surface area contributed by atoms with Gasteiger partial charge in [-0.3, -0.25) is 9.59 Å². The number of esters is 2. The zero-order chi connectivity index (χ0) is 26.4. The minimum atomic E-state index is -0.768. The first kappa shape index (κ1) is 26.2. The Bertz CT molecular complexity index is 1040. The molecular formula is C30H41NO6. The lowest BCUT2D eigenvalue weighted by Crippen LogP contribution is -2.58. The van der Waals surface area contributed by atoms with Gasteiger partial charge in [-0.15, -0.1) is 0 Å². The fourth-order valence-electron chi connectivity index (χ4n) is 8.14. The Morgan fingerprint density at radius 3 is 2.43 bits per heavy atom. The van der Waals surface area contributed by atoms with E-state index in [1.165, 1.54) is 0 Å². The first-order valence-electron chi connectivity index (χ1n) is 14.1. The molecule has 0 unspecified atom stereocenters. The molecule has 4 bridgehead atoms. The Labute approximate surface area is 219 Å². The van der Waals surface area contributed by atoms with Gasteiger partial charge in [-0.2, -0.15) is 0 Å². The summed E-state index contributed by atoms with van der Waals surface area (Å²) >= 11 is 0. The number of hydrogen-bond donors (Lipinski definition) is 2. The smallest absolute Gasteiger partial charge is 0.340 e. The average Bonchev–Trinajstić information content (AvgIpc) is 2.81. The highest BCUT2D eigenvalue weighted by Gasteiger charge is 2.61. The molecule has 5 aliphatic carbocycles. The average molecular weight is 512 g/mol. The van der Waals surface area contributed by atoms with E-state index in [2.05, 4.69) is 26.1 Å². The zero-order valence-electron chi connectivity index (χ0n) is 22.3. The quantitative estimate of drug-likeness (QED) is 0.493. The van der Waals surface area contributed by atoms with Crippen molar-refractivity contribution < 1.29 is 29.0 Å². The monoisotopic (exact) mass is 511 g/mol. The van der Waals surface area contributed by atoms with Crippen molar-refractivity contribution in [3.63, 3.8) is 0 Å². The number of anilines is 1. The van der Waals surface area contributed by atoms with Gasteiger partial charge in [0.1, 0.15) is 6.10 Å². The summed E-state index contributed by atoms with van der Waals surface area (Å²) in [5, 5.41) is 13.7. The van der Waals surface area contributed by atoms with Crippen molar-refractivity contribution in [1.82, 2.24) is 0 Å². The third-order valence-electron chi connectivity index (χ3n) is 9.44. The number of carbonyl (C=O) groups is 3. The molecule has 7 heteroatoms. The summed E-state index contributed by atoms with van der Waals surface area (Å²) in [5.74, 6) is 0.637. The van der Waals surface area contributed by atoms with Gasteiger partial charge < -0.3 is 19.9 Å². The van der Waals surface area contributed by atoms with Crippen LogP contribution < -0.4 is 5.32 Å². The van der Waals surface area contributed by atoms with E-state index in [-0.39, 0.29) is 12.1 Å². The van der Waals surface area contributed by atoms with Crippen molar-refractivity contribution in [3.05, 3.63) is 29.8 Å². The van der Waals surface area contributed by atoms with Gasteiger partial charge in [-0.25, -0.2) is 4.79 Å². The molecule has 6 rings (SSSR count). The summed E-state index contributed by atoms with van der Waals surface area (Å²) in [6.07, 6.45) is 7.39. The van der Waals surface area contributed by atoms with E-state index in [0.717, 1.165) is 51.4 Å². The van der Waals surface area contributed by atoms with Crippen LogP contribution in [0.1, 0.15) is 88.9 Å². The fourth-order valence-corrected chi connectivity index (χ4v) is 8.14. The third kappa shape index (κ3) is 5.43. The van der Waals surface area contributed by atoms with E-state index in [9.17, 15) is 19.5 Å². The Kier molecular flexibility index (Phi) is 7.12. The van der Waals surface area contributed by atoms with E-state index in [1.54, 1.807) is 24.3 Å². The number of para-hydroxylation sites is 1. The summed E-state index contributed by atoms with van der Waals surface area (Å²) < 4.78 is 11.5. The van der Waals surface area contributed by atoms with Crippen LogP contribution in [0.15, 0.2) is 24.3 Å². The van der Waals surface area contributed by atoms with E-state index >= 15 is 0 Å². The van der Waals surface area contributed by atoms with Crippen molar-refractivity contribution in [2.24, 2.45) is 35.0 Å². The summed E-state index contributed by atoms with van der Waals surface area (Å²) in [7, 11) is 0. The maximum atomic E-state index is 13.2. The highest BCUT2D eigenvalue weighted by molar-refractivity contribution is 6.02. The number of amides is 1. The molecule has 0 heterocycles. The standard InChI is InChI=1S/C30H41NO6/c1-18(2)22-9-8-19(3)10-25(22)37-27(33)23-6-4-5-7-24(23)31-26(32)16-36-28(34)29-12-20-11-21(13-29)15-30(35,14-20)17-29/h4-7,18-22,25,35H,8-17H2,1-3H3,(H,31,32)/t19-,20-,21-,22-,25+,29?,30?/m1/s1. The molecule has 5 atom stereocenters.